The number of carbonyl (C=O) groups is 3. The molecule has 9 heteroatoms. The highest BCUT2D eigenvalue weighted by atomic mass is 32.2. The van der Waals surface area contributed by atoms with Gasteiger partial charge in [-0.2, -0.15) is 11.8 Å². The van der Waals surface area contributed by atoms with Crippen molar-refractivity contribution in [3.05, 3.63) is 59.7 Å². The number of amides is 2. The number of thioether (sulfide) groups is 1. The standard InChI is InChI=1S/C26H30N2O6S/c1-35-13-11-22(24(29)27-14-16-10-12-33-23(16)25(30)31)28-26(32)34-15-21-19-8-4-2-6-17(19)18-7-3-5-9-20(18)21/h2-9,16,21-23H,10-15H2,1H3,(H,27,29)(H,28,32)(H,30,31)/t16-,22?,23-/m0/s1. The van der Waals surface area contributed by atoms with Crippen molar-refractivity contribution in [1.82, 2.24) is 10.6 Å². The van der Waals surface area contributed by atoms with Gasteiger partial charge in [0.15, 0.2) is 6.10 Å². The first-order valence-electron chi connectivity index (χ1n) is 11.7. The number of benzene rings is 2. The van der Waals surface area contributed by atoms with Crippen molar-refractivity contribution in [3.63, 3.8) is 0 Å². The molecule has 1 saturated heterocycles. The van der Waals surface area contributed by atoms with Gasteiger partial charge in [-0.3, -0.25) is 4.79 Å². The summed E-state index contributed by atoms with van der Waals surface area (Å²) in [6.45, 7) is 0.694. The minimum absolute atomic E-state index is 0.0676. The maximum atomic E-state index is 12.8. The van der Waals surface area contributed by atoms with Gasteiger partial charge in [-0.25, -0.2) is 9.59 Å². The predicted molar refractivity (Wildman–Crippen MR) is 133 cm³/mol. The Labute approximate surface area is 208 Å². The lowest BCUT2D eigenvalue weighted by atomic mass is 9.98. The van der Waals surface area contributed by atoms with Gasteiger partial charge in [0.2, 0.25) is 5.91 Å². The van der Waals surface area contributed by atoms with Crippen LogP contribution in [0.1, 0.15) is 29.9 Å². The largest absolute Gasteiger partial charge is 0.479 e. The van der Waals surface area contributed by atoms with E-state index in [-0.39, 0.29) is 30.9 Å². The predicted octanol–water partition coefficient (Wildman–Crippen LogP) is 3.25. The van der Waals surface area contributed by atoms with Gasteiger partial charge in [-0.1, -0.05) is 48.5 Å². The fourth-order valence-electron chi connectivity index (χ4n) is 4.76. The summed E-state index contributed by atoms with van der Waals surface area (Å²) in [5, 5.41) is 14.7. The van der Waals surface area contributed by atoms with Gasteiger partial charge in [-0.15, -0.1) is 0 Å². The number of fused-ring (bicyclic) bond motifs is 3. The molecular formula is C26H30N2O6S. The van der Waals surface area contributed by atoms with Crippen molar-refractivity contribution >= 4 is 29.7 Å². The van der Waals surface area contributed by atoms with Crippen molar-refractivity contribution < 1.29 is 29.0 Å². The normalized spacial score (nSPS) is 19.5. The third kappa shape index (κ3) is 5.79. The molecule has 2 aromatic rings. The number of hydrogen-bond donors (Lipinski definition) is 3. The quantitative estimate of drug-likeness (QED) is 0.461. The van der Waals surface area contributed by atoms with Gasteiger partial charge in [0.25, 0.3) is 0 Å². The third-order valence-corrected chi connectivity index (χ3v) is 7.20. The number of carboxylic acid groups (broad SMARTS) is 1. The van der Waals surface area contributed by atoms with E-state index in [9.17, 15) is 19.5 Å². The second-order valence-corrected chi connectivity index (χ2v) is 9.71. The van der Waals surface area contributed by atoms with E-state index >= 15 is 0 Å². The zero-order valence-corrected chi connectivity index (χ0v) is 20.4. The molecule has 1 unspecified atom stereocenters. The lowest BCUT2D eigenvalue weighted by Gasteiger charge is -2.21. The summed E-state index contributed by atoms with van der Waals surface area (Å²) in [6, 6.07) is 15.4. The monoisotopic (exact) mass is 498 g/mol. The maximum Gasteiger partial charge on any atom is 0.407 e. The van der Waals surface area contributed by atoms with E-state index in [1.807, 2.05) is 42.7 Å². The van der Waals surface area contributed by atoms with E-state index in [4.69, 9.17) is 9.47 Å². The first-order valence-corrected chi connectivity index (χ1v) is 13.1. The number of nitrogens with one attached hydrogen (secondary N) is 2. The molecule has 186 valence electrons. The van der Waals surface area contributed by atoms with E-state index in [1.54, 1.807) is 11.8 Å². The maximum absolute atomic E-state index is 12.8. The Kier molecular flexibility index (Phi) is 8.30. The van der Waals surface area contributed by atoms with E-state index in [0.29, 0.717) is 25.2 Å². The molecule has 8 nitrogen and oxygen atoms in total. The highest BCUT2D eigenvalue weighted by Gasteiger charge is 2.35. The first kappa shape index (κ1) is 25.1. The smallest absolute Gasteiger partial charge is 0.407 e. The zero-order chi connectivity index (χ0) is 24.8. The fraction of sp³-hybridized carbons (Fsp3) is 0.423. The molecule has 0 saturated carbocycles. The molecule has 2 aromatic carbocycles. The molecule has 3 N–H and O–H groups in total. The second-order valence-electron chi connectivity index (χ2n) is 8.73. The van der Waals surface area contributed by atoms with Crippen LogP contribution in [0.15, 0.2) is 48.5 Å². The van der Waals surface area contributed by atoms with Gasteiger partial charge in [0.05, 0.1) is 0 Å². The lowest BCUT2D eigenvalue weighted by molar-refractivity contribution is -0.149. The van der Waals surface area contributed by atoms with Crippen molar-refractivity contribution in [2.75, 3.05) is 31.8 Å². The Hall–Kier alpha value is -3.04. The number of hydrogen-bond acceptors (Lipinski definition) is 6. The summed E-state index contributed by atoms with van der Waals surface area (Å²) in [5.41, 5.74) is 4.52. The van der Waals surface area contributed by atoms with Crippen molar-refractivity contribution in [3.8, 4) is 11.1 Å². The third-order valence-electron chi connectivity index (χ3n) is 6.56. The van der Waals surface area contributed by atoms with Gasteiger partial charge < -0.3 is 25.2 Å². The van der Waals surface area contributed by atoms with Crippen molar-refractivity contribution in [2.45, 2.75) is 30.9 Å². The number of rotatable bonds is 10. The molecule has 35 heavy (non-hydrogen) atoms. The summed E-state index contributed by atoms with van der Waals surface area (Å²) >= 11 is 1.57. The molecule has 1 heterocycles. The van der Waals surface area contributed by atoms with Gasteiger partial charge in [0, 0.05) is 25.0 Å². The second kappa shape index (κ2) is 11.6. The van der Waals surface area contributed by atoms with Crippen LogP contribution >= 0.6 is 11.8 Å². The van der Waals surface area contributed by atoms with Crippen LogP contribution in [0.2, 0.25) is 0 Å². The Balaban J connectivity index is 1.35. The summed E-state index contributed by atoms with van der Waals surface area (Å²) in [4.78, 5) is 36.8. The van der Waals surface area contributed by atoms with Crippen LogP contribution in [0.4, 0.5) is 4.79 Å². The van der Waals surface area contributed by atoms with Crippen LogP contribution < -0.4 is 10.6 Å². The SMILES string of the molecule is CSCCC(NC(=O)OCC1c2ccccc2-c2ccccc21)C(=O)NC[C@@H]1CCO[C@@H]1C(=O)O. The van der Waals surface area contributed by atoms with E-state index in [0.717, 1.165) is 22.3 Å². The van der Waals surface area contributed by atoms with Crippen LogP contribution in [-0.2, 0) is 19.1 Å². The van der Waals surface area contributed by atoms with Crippen molar-refractivity contribution in [1.29, 1.82) is 0 Å². The Morgan fingerprint density at radius 2 is 1.77 bits per heavy atom. The molecule has 2 amide bonds. The highest BCUT2D eigenvalue weighted by molar-refractivity contribution is 7.98. The summed E-state index contributed by atoms with van der Waals surface area (Å²) in [6.07, 6.45) is 1.35. The number of carbonyl (C=O) groups excluding carboxylic acids is 2. The summed E-state index contributed by atoms with van der Waals surface area (Å²) in [5.74, 6) is -1.08. The molecular weight excluding hydrogens is 468 g/mol. The number of aliphatic carboxylic acids is 1. The Morgan fingerprint density at radius 1 is 1.11 bits per heavy atom. The minimum Gasteiger partial charge on any atom is -0.479 e. The molecule has 1 aliphatic heterocycles. The Morgan fingerprint density at radius 3 is 2.40 bits per heavy atom. The lowest BCUT2D eigenvalue weighted by Crippen LogP contribution is -2.49. The molecule has 1 fully saturated rings. The molecule has 0 radical (unpaired) electrons. The topological polar surface area (TPSA) is 114 Å². The van der Waals surface area contributed by atoms with Crippen LogP contribution in [-0.4, -0.2) is 67.0 Å². The van der Waals surface area contributed by atoms with Crippen molar-refractivity contribution in [2.24, 2.45) is 5.92 Å². The molecule has 0 spiro atoms. The first-order chi connectivity index (χ1) is 17.0. The molecule has 1 aliphatic carbocycles. The fourth-order valence-corrected chi connectivity index (χ4v) is 5.23. The molecule has 0 aromatic heterocycles. The van der Waals surface area contributed by atoms with Gasteiger partial charge in [0.1, 0.15) is 12.6 Å². The number of alkyl carbamates (subject to hydrolysis) is 1. The zero-order valence-electron chi connectivity index (χ0n) is 19.6. The Bertz CT molecular complexity index is 1030. The number of carboxylic acids is 1. The van der Waals surface area contributed by atoms with Gasteiger partial charge >= 0.3 is 12.1 Å². The summed E-state index contributed by atoms with van der Waals surface area (Å²) < 4.78 is 10.8. The van der Waals surface area contributed by atoms with Gasteiger partial charge in [-0.05, 0) is 47.1 Å². The minimum atomic E-state index is -1.03. The molecule has 0 bridgehead atoms. The molecule has 2 aliphatic rings. The molecule has 3 atom stereocenters. The highest BCUT2D eigenvalue weighted by Crippen LogP contribution is 2.44. The van der Waals surface area contributed by atoms with E-state index < -0.39 is 24.2 Å². The summed E-state index contributed by atoms with van der Waals surface area (Å²) in [7, 11) is 0. The van der Waals surface area contributed by atoms with E-state index in [2.05, 4.69) is 22.8 Å². The van der Waals surface area contributed by atoms with E-state index in [1.165, 1.54) is 0 Å². The molecule has 4 rings (SSSR count). The van der Waals surface area contributed by atoms with Crippen LogP contribution in [0.5, 0.6) is 0 Å². The average Bonchev–Trinajstić information content (AvgIpc) is 3.47. The van der Waals surface area contributed by atoms with Crippen LogP contribution in [0, 0.1) is 5.92 Å². The van der Waals surface area contributed by atoms with Crippen LogP contribution in [0.25, 0.3) is 11.1 Å². The average molecular weight is 499 g/mol. The van der Waals surface area contributed by atoms with Crippen LogP contribution in [0.3, 0.4) is 0 Å². The number of ether oxygens (including phenoxy) is 2.